The molecule has 9 nitrogen and oxygen atoms in total. The van der Waals surface area contributed by atoms with Gasteiger partial charge in [0.25, 0.3) is 5.91 Å². The van der Waals surface area contributed by atoms with E-state index in [2.05, 4.69) is 25.0 Å². The molecule has 3 heterocycles. The summed E-state index contributed by atoms with van der Waals surface area (Å²) in [6.45, 7) is 0. The van der Waals surface area contributed by atoms with E-state index >= 15 is 0 Å². The highest BCUT2D eigenvalue weighted by Crippen LogP contribution is 2.26. The van der Waals surface area contributed by atoms with Gasteiger partial charge in [-0.05, 0) is 12.1 Å². The van der Waals surface area contributed by atoms with E-state index in [1.54, 1.807) is 17.5 Å². The molecule has 0 fully saturated rings. The summed E-state index contributed by atoms with van der Waals surface area (Å²) < 4.78 is 26.1. The van der Waals surface area contributed by atoms with Gasteiger partial charge in [-0.25, -0.2) is 19.2 Å². The third kappa shape index (κ3) is 5.33. The minimum Gasteiger partial charge on any atom is -0.481 e. The number of methoxy groups -OCH3 is 2. The summed E-state index contributed by atoms with van der Waals surface area (Å²) in [6, 6.07) is 14.4. The molecule has 0 spiro atoms. The summed E-state index contributed by atoms with van der Waals surface area (Å²) in [7, 11) is 1.19. The molecule has 3 aromatic heterocycles. The molecule has 4 rings (SSSR count). The second-order valence-electron chi connectivity index (χ2n) is 6.55. The molecule has 11 heteroatoms. The van der Waals surface area contributed by atoms with Gasteiger partial charge >= 0.3 is 0 Å². The average molecular weight is 482 g/mol. The number of carbonyl (C=O) groups is 1. The Labute approximate surface area is 196 Å². The van der Waals surface area contributed by atoms with Crippen LogP contribution in [-0.2, 0) is 11.0 Å². The van der Waals surface area contributed by atoms with Crippen molar-refractivity contribution in [3.05, 3.63) is 72.0 Å². The zero-order valence-corrected chi connectivity index (χ0v) is 19.3. The van der Waals surface area contributed by atoms with Crippen molar-refractivity contribution >= 4 is 39.6 Å². The molecule has 0 saturated carbocycles. The zero-order chi connectivity index (χ0) is 23.2. The molecule has 1 atom stereocenters. The Morgan fingerprint density at radius 2 is 1.85 bits per heavy atom. The largest absolute Gasteiger partial charge is 0.481 e. The van der Waals surface area contributed by atoms with Crippen LogP contribution in [0.3, 0.4) is 0 Å². The van der Waals surface area contributed by atoms with Gasteiger partial charge in [0.05, 0.1) is 31.8 Å². The molecule has 1 amide bonds. The number of rotatable bonds is 8. The molecule has 1 aromatic carbocycles. The molecule has 1 unspecified atom stereocenters. The SMILES string of the molecule is COc1cc(NS(=O)c2cc(NC(=O)c3csc(-c4ccccc4)n3)cnc2OC)ccn1. The molecule has 168 valence electrons. The van der Waals surface area contributed by atoms with Gasteiger partial charge in [-0.2, -0.15) is 0 Å². The van der Waals surface area contributed by atoms with Gasteiger partial charge in [0.1, 0.15) is 15.6 Å². The topological polar surface area (TPSA) is 115 Å². The summed E-state index contributed by atoms with van der Waals surface area (Å²) >= 11 is 1.38. The molecule has 4 aromatic rings. The first-order valence-electron chi connectivity index (χ1n) is 9.62. The first kappa shape index (κ1) is 22.4. The number of nitrogens with zero attached hydrogens (tertiary/aromatic N) is 3. The number of carbonyl (C=O) groups excluding carboxylic acids is 1. The standard InChI is InChI=1S/C22H19N5O4S2/c1-30-19-11-15(8-9-23-19)27-33(29)18-10-16(12-24-21(18)31-2)25-20(28)17-13-32-22(26-17)14-6-4-3-5-7-14/h3-13H,1-2H3,(H,23,27)(H,25,28). The van der Waals surface area contributed by atoms with Crippen LogP contribution >= 0.6 is 11.3 Å². The predicted octanol–water partition coefficient (Wildman–Crippen LogP) is 4.00. The summed E-state index contributed by atoms with van der Waals surface area (Å²) in [6.07, 6.45) is 2.96. The van der Waals surface area contributed by atoms with E-state index in [4.69, 9.17) is 9.47 Å². The third-order valence-corrected chi connectivity index (χ3v) is 6.39. The lowest BCUT2D eigenvalue weighted by Crippen LogP contribution is -2.14. The highest BCUT2D eigenvalue weighted by Gasteiger charge is 2.17. The van der Waals surface area contributed by atoms with Crippen molar-refractivity contribution in [2.24, 2.45) is 0 Å². The van der Waals surface area contributed by atoms with Crippen molar-refractivity contribution in [3.8, 4) is 22.3 Å². The Morgan fingerprint density at radius 1 is 1.03 bits per heavy atom. The predicted molar refractivity (Wildman–Crippen MR) is 127 cm³/mol. The van der Waals surface area contributed by atoms with Crippen molar-refractivity contribution in [2.75, 3.05) is 24.3 Å². The molecule has 0 bridgehead atoms. The van der Waals surface area contributed by atoms with Crippen LogP contribution in [0.1, 0.15) is 10.5 Å². The molecule has 0 aliphatic carbocycles. The first-order valence-corrected chi connectivity index (χ1v) is 11.6. The van der Waals surface area contributed by atoms with Crippen LogP contribution in [0.25, 0.3) is 10.6 Å². The van der Waals surface area contributed by atoms with Gasteiger partial charge in [0, 0.05) is 23.2 Å². The number of thiazole rings is 1. The average Bonchev–Trinajstić information content (AvgIpc) is 3.35. The number of hydrogen-bond donors (Lipinski definition) is 2. The highest BCUT2D eigenvalue weighted by atomic mass is 32.2. The van der Waals surface area contributed by atoms with Crippen molar-refractivity contribution in [1.82, 2.24) is 15.0 Å². The lowest BCUT2D eigenvalue weighted by molar-refractivity contribution is 0.102. The maximum absolute atomic E-state index is 13.0. The van der Waals surface area contributed by atoms with Crippen LogP contribution < -0.4 is 19.5 Å². The Balaban J connectivity index is 1.52. The molecule has 0 aliphatic heterocycles. The Morgan fingerprint density at radius 3 is 2.61 bits per heavy atom. The van der Waals surface area contributed by atoms with E-state index in [0.29, 0.717) is 17.3 Å². The third-order valence-electron chi connectivity index (χ3n) is 4.38. The van der Waals surface area contributed by atoms with Crippen LogP contribution in [0.15, 0.2) is 71.2 Å². The van der Waals surface area contributed by atoms with Gasteiger partial charge in [-0.15, -0.1) is 11.3 Å². The van der Waals surface area contributed by atoms with E-state index in [9.17, 15) is 9.00 Å². The molecular weight excluding hydrogens is 462 g/mol. The van der Waals surface area contributed by atoms with E-state index in [0.717, 1.165) is 10.6 Å². The molecule has 0 aliphatic rings. The smallest absolute Gasteiger partial charge is 0.275 e. The number of hydrogen-bond acceptors (Lipinski definition) is 8. The lowest BCUT2D eigenvalue weighted by atomic mass is 10.2. The minimum atomic E-state index is -1.73. The number of benzene rings is 1. The zero-order valence-electron chi connectivity index (χ0n) is 17.6. The van der Waals surface area contributed by atoms with E-state index in [-0.39, 0.29) is 16.5 Å². The van der Waals surface area contributed by atoms with Crippen molar-refractivity contribution < 1.29 is 18.5 Å². The first-order chi connectivity index (χ1) is 16.1. The minimum absolute atomic E-state index is 0.167. The number of pyridine rings is 2. The fourth-order valence-corrected chi connectivity index (χ4v) is 4.61. The van der Waals surface area contributed by atoms with E-state index in [1.807, 2.05) is 30.3 Å². The molecule has 33 heavy (non-hydrogen) atoms. The van der Waals surface area contributed by atoms with Gasteiger partial charge in [0.2, 0.25) is 11.8 Å². The maximum atomic E-state index is 13.0. The van der Waals surface area contributed by atoms with E-state index in [1.165, 1.54) is 44.0 Å². The fourth-order valence-electron chi connectivity index (χ4n) is 2.82. The van der Waals surface area contributed by atoms with Crippen LogP contribution in [0, 0.1) is 0 Å². The Bertz CT molecular complexity index is 1300. The highest BCUT2D eigenvalue weighted by molar-refractivity contribution is 7.86. The summed E-state index contributed by atoms with van der Waals surface area (Å²) in [5, 5.41) is 5.18. The number of amides is 1. The van der Waals surface area contributed by atoms with Gasteiger partial charge < -0.3 is 19.5 Å². The van der Waals surface area contributed by atoms with Gasteiger partial charge in [-0.1, -0.05) is 30.3 Å². The number of aromatic nitrogens is 3. The Hall–Kier alpha value is -3.83. The summed E-state index contributed by atoms with van der Waals surface area (Å²) in [5.74, 6) is 0.144. The molecule has 2 N–H and O–H groups in total. The second kappa shape index (κ2) is 10.2. The van der Waals surface area contributed by atoms with E-state index < -0.39 is 16.9 Å². The number of ether oxygens (including phenoxy) is 2. The second-order valence-corrected chi connectivity index (χ2v) is 8.59. The van der Waals surface area contributed by atoms with Crippen LogP contribution in [-0.4, -0.2) is 39.3 Å². The monoisotopic (exact) mass is 481 g/mol. The molecule has 0 saturated heterocycles. The molecular formula is C22H19N5O4S2. The van der Waals surface area contributed by atoms with Crippen molar-refractivity contribution in [1.29, 1.82) is 0 Å². The quantitative estimate of drug-likeness (QED) is 0.391. The summed E-state index contributed by atoms with van der Waals surface area (Å²) in [5.41, 5.74) is 2.10. The lowest BCUT2D eigenvalue weighted by Gasteiger charge is -2.11. The number of anilines is 2. The van der Waals surface area contributed by atoms with Crippen molar-refractivity contribution in [2.45, 2.75) is 4.90 Å². The van der Waals surface area contributed by atoms with Crippen LogP contribution in [0.2, 0.25) is 0 Å². The Kier molecular flexibility index (Phi) is 6.91. The van der Waals surface area contributed by atoms with Gasteiger partial charge in [0.15, 0.2) is 11.0 Å². The number of nitrogens with one attached hydrogen (secondary N) is 2. The van der Waals surface area contributed by atoms with Gasteiger partial charge in [-0.3, -0.25) is 4.79 Å². The van der Waals surface area contributed by atoms with Crippen LogP contribution in [0.4, 0.5) is 11.4 Å². The molecule has 0 radical (unpaired) electrons. The summed E-state index contributed by atoms with van der Waals surface area (Å²) in [4.78, 5) is 25.6. The maximum Gasteiger partial charge on any atom is 0.275 e. The van der Waals surface area contributed by atoms with Crippen LogP contribution in [0.5, 0.6) is 11.8 Å². The normalized spacial score (nSPS) is 11.5. The fraction of sp³-hybridized carbons (Fsp3) is 0.0909. The van der Waals surface area contributed by atoms with Crippen molar-refractivity contribution in [3.63, 3.8) is 0 Å².